The minimum atomic E-state index is -4.26. The fourth-order valence-electron chi connectivity index (χ4n) is 5.64. The van der Waals surface area contributed by atoms with Gasteiger partial charge in [-0.2, -0.15) is 0 Å². The van der Waals surface area contributed by atoms with E-state index in [2.05, 4.69) is 5.32 Å². The number of carbonyl (C=O) groups is 2. The van der Waals surface area contributed by atoms with Crippen LogP contribution in [0.15, 0.2) is 71.6 Å². The van der Waals surface area contributed by atoms with E-state index in [9.17, 15) is 18.0 Å². The molecular weight excluding hydrogens is 598 g/mol. The van der Waals surface area contributed by atoms with Gasteiger partial charge in [0, 0.05) is 17.6 Å². The summed E-state index contributed by atoms with van der Waals surface area (Å²) in [6.07, 6.45) is 5.44. The number of aryl methyl sites for hydroxylation is 2. The highest BCUT2D eigenvalue weighted by Gasteiger charge is 2.35. The van der Waals surface area contributed by atoms with Crippen molar-refractivity contribution in [2.75, 3.05) is 18.0 Å². The van der Waals surface area contributed by atoms with Crippen molar-refractivity contribution in [3.8, 4) is 5.75 Å². The largest absolute Gasteiger partial charge is 0.495 e. The minimum absolute atomic E-state index is 0.0189. The van der Waals surface area contributed by atoms with Gasteiger partial charge in [0.25, 0.3) is 10.0 Å². The summed E-state index contributed by atoms with van der Waals surface area (Å²) in [5.41, 5.74) is 2.86. The molecule has 0 saturated heterocycles. The summed E-state index contributed by atoms with van der Waals surface area (Å²) in [5, 5.41) is 3.46. The Kier molecular flexibility index (Phi) is 11.3. The highest BCUT2D eigenvalue weighted by Crippen LogP contribution is 2.35. The molecule has 3 aromatic carbocycles. The third-order valence-corrected chi connectivity index (χ3v) is 10.2. The number of benzene rings is 3. The van der Waals surface area contributed by atoms with E-state index < -0.39 is 28.5 Å². The van der Waals surface area contributed by atoms with Gasteiger partial charge in [0.15, 0.2) is 0 Å². The summed E-state index contributed by atoms with van der Waals surface area (Å²) in [6, 6.07) is 18.0. The Bertz CT molecular complexity index is 1560. The molecule has 4 rings (SSSR count). The minimum Gasteiger partial charge on any atom is -0.495 e. The van der Waals surface area contributed by atoms with E-state index >= 15 is 0 Å². The SMILES string of the molecule is CC[C@H](C(=O)NC1CCCCC1)N(Cc1ccccc1C)C(=O)CN(c1cc(Cl)ccc1OC)S(=O)(=O)c1ccc(C)cc1. The Morgan fingerprint density at radius 2 is 1.68 bits per heavy atom. The fraction of sp³-hybridized carbons (Fsp3) is 0.412. The molecule has 3 aromatic rings. The summed E-state index contributed by atoms with van der Waals surface area (Å²) in [5.74, 6) is -0.503. The molecule has 10 heteroatoms. The molecule has 1 saturated carbocycles. The highest BCUT2D eigenvalue weighted by atomic mass is 35.5. The zero-order valence-electron chi connectivity index (χ0n) is 25.9. The van der Waals surface area contributed by atoms with Gasteiger partial charge in [0.1, 0.15) is 18.3 Å². The van der Waals surface area contributed by atoms with Crippen molar-refractivity contribution in [2.24, 2.45) is 0 Å². The van der Waals surface area contributed by atoms with Crippen LogP contribution in [0, 0.1) is 13.8 Å². The first-order valence-corrected chi connectivity index (χ1v) is 16.9. The number of nitrogens with one attached hydrogen (secondary N) is 1. The van der Waals surface area contributed by atoms with E-state index in [0.29, 0.717) is 6.42 Å². The molecule has 0 bridgehead atoms. The summed E-state index contributed by atoms with van der Waals surface area (Å²) < 4.78 is 35.0. The normalized spacial score (nSPS) is 14.5. The lowest BCUT2D eigenvalue weighted by molar-refractivity contribution is -0.140. The Hall–Kier alpha value is -3.56. The van der Waals surface area contributed by atoms with Gasteiger partial charge in [-0.25, -0.2) is 8.42 Å². The van der Waals surface area contributed by atoms with Gasteiger partial charge >= 0.3 is 0 Å². The number of anilines is 1. The molecule has 0 heterocycles. The number of sulfonamides is 1. The van der Waals surface area contributed by atoms with Crippen LogP contribution in [0.2, 0.25) is 5.02 Å². The number of amides is 2. The Morgan fingerprint density at radius 3 is 2.32 bits per heavy atom. The summed E-state index contributed by atoms with van der Waals surface area (Å²) >= 11 is 6.34. The monoisotopic (exact) mass is 639 g/mol. The van der Waals surface area contributed by atoms with Gasteiger partial charge in [-0.05, 0) is 74.6 Å². The van der Waals surface area contributed by atoms with E-state index in [1.165, 1.54) is 30.2 Å². The number of rotatable bonds is 12. The molecule has 1 atom stereocenters. The van der Waals surface area contributed by atoms with Crippen LogP contribution in [0.4, 0.5) is 5.69 Å². The first-order valence-electron chi connectivity index (χ1n) is 15.1. The van der Waals surface area contributed by atoms with E-state index in [-0.39, 0.29) is 39.8 Å². The van der Waals surface area contributed by atoms with Gasteiger partial charge in [0.2, 0.25) is 11.8 Å². The quantitative estimate of drug-likeness (QED) is 0.247. The molecule has 1 N–H and O–H groups in total. The topological polar surface area (TPSA) is 96.0 Å². The van der Waals surface area contributed by atoms with Gasteiger partial charge in [0.05, 0.1) is 17.7 Å². The van der Waals surface area contributed by atoms with Crippen molar-refractivity contribution in [3.05, 3.63) is 88.4 Å². The molecule has 2 amide bonds. The molecule has 0 aromatic heterocycles. The summed E-state index contributed by atoms with van der Waals surface area (Å²) in [4.78, 5) is 29.7. The van der Waals surface area contributed by atoms with Crippen molar-refractivity contribution in [1.29, 1.82) is 0 Å². The van der Waals surface area contributed by atoms with Crippen LogP contribution in [-0.2, 0) is 26.2 Å². The van der Waals surface area contributed by atoms with Crippen LogP contribution >= 0.6 is 11.6 Å². The lowest BCUT2D eigenvalue weighted by Gasteiger charge is -2.35. The standard InChI is InChI=1S/C34H42ClN3O5S/c1-5-30(34(40)36-28-13-7-6-8-14-28)37(22-26-12-10-9-11-25(26)3)33(39)23-38(31-21-27(35)17-20-32(31)43-4)44(41,42)29-18-15-24(2)16-19-29/h9-12,15-21,28,30H,5-8,13-14,22-23H2,1-4H3,(H,36,40)/t30-/m1/s1. The maximum atomic E-state index is 14.4. The lowest BCUT2D eigenvalue weighted by Crippen LogP contribution is -2.54. The summed E-state index contributed by atoms with van der Waals surface area (Å²) in [6.45, 7) is 5.26. The van der Waals surface area contributed by atoms with Crippen molar-refractivity contribution in [3.63, 3.8) is 0 Å². The van der Waals surface area contributed by atoms with Gasteiger partial charge in [-0.1, -0.05) is 79.7 Å². The Labute approximate surface area is 266 Å². The van der Waals surface area contributed by atoms with Crippen molar-refractivity contribution >= 4 is 39.1 Å². The molecule has 236 valence electrons. The number of halogens is 1. The zero-order valence-corrected chi connectivity index (χ0v) is 27.5. The molecule has 0 spiro atoms. The van der Waals surface area contributed by atoms with Gasteiger partial charge < -0.3 is 15.0 Å². The van der Waals surface area contributed by atoms with Crippen LogP contribution in [0.1, 0.15) is 62.1 Å². The first-order chi connectivity index (χ1) is 21.0. The number of methoxy groups -OCH3 is 1. The van der Waals surface area contributed by atoms with Gasteiger partial charge in [-0.15, -0.1) is 0 Å². The number of hydrogen-bond acceptors (Lipinski definition) is 5. The second kappa shape index (κ2) is 14.9. The van der Waals surface area contributed by atoms with Crippen LogP contribution in [0.25, 0.3) is 0 Å². The van der Waals surface area contributed by atoms with Crippen molar-refractivity contribution in [2.45, 2.75) is 82.8 Å². The molecule has 8 nitrogen and oxygen atoms in total. The molecule has 0 radical (unpaired) electrons. The van der Waals surface area contributed by atoms with Crippen molar-refractivity contribution < 1.29 is 22.7 Å². The van der Waals surface area contributed by atoms with Crippen LogP contribution in [-0.4, -0.2) is 50.9 Å². The zero-order chi connectivity index (χ0) is 31.9. The van der Waals surface area contributed by atoms with Crippen molar-refractivity contribution in [1.82, 2.24) is 10.2 Å². The van der Waals surface area contributed by atoms with Crippen LogP contribution in [0.5, 0.6) is 5.75 Å². The second-order valence-electron chi connectivity index (χ2n) is 11.4. The molecule has 1 aliphatic rings. The van der Waals surface area contributed by atoms with Gasteiger partial charge in [-0.3, -0.25) is 13.9 Å². The molecule has 0 unspecified atom stereocenters. The second-order valence-corrected chi connectivity index (χ2v) is 13.7. The van der Waals surface area contributed by atoms with E-state index in [0.717, 1.165) is 53.1 Å². The predicted octanol–water partition coefficient (Wildman–Crippen LogP) is 6.42. The summed E-state index contributed by atoms with van der Waals surface area (Å²) in [7, 11) is -2.83. The predicted molar refractivity (Wildman–Crippen MR) is 175 cm³/mol. The average molecular weight is 640 g/mol. The molecule has 44 heavy (non-hydrogen) atoms. The maximum absolute atomic E-state index is 14.4. The molecule has 0 aliphatic heterocycles. The third kappa shape index (κ3) is 7.93. The molecule has 1 aliphatic carbocycles. The van der Waals surface area contributed by atoms with Crippen LogP contribution < -0.4 is 14.4 Å². The highest BCUT2D eigenvalue weighted by molar-refractivity contribution is 7.92. The Balaban J connectivity index is 1.77. The van der Waals surface area contributed by atoms with Crippen LogP contribution in [0.3, 0.4) is 0 Å². The average Bonchev–Trinajstić information content (AvgIpc) is 3.01. The first kappa shape index (κ1) is 33.3. The third-order valence-electron chi connectivity index (χ3n) is 8.24. The maximum Gasteiger partial charge on any atom is 0.264 e. The number of ether oxygens (including phenoxy) is 1. The van der Waals surface area contributed by atoms with E-state index in [4.69, 9.17) is 16.3 Å². The van der Waals surface area contributed by atoms with E-state index in [1.54, 1.807) is 24.3 Å². The lowest BCUT2D eigenvalue weighted by atomic mass is 9.95. The smallest absolute Gasteiger partial charge is 0.264 e. The molecule has 1 fully saturated rings. The Morgan fingerprint density at radius 1 is 1.00 bits per heavy atom. The fourth-order valence-corrected chi connectivity index (χ4v) is 7.23. The number of hydrogen-bond donors (Lipinski definition) is 1. The van der Waals surface area contributed by atoms with E-state index in [1.807, 2.05) is 45.0 Å². The molecular formula is C34H42ClN3O5S. The number of nitrogens with zero attached hydrogens (tertiary/aromatic N) is 2. The number of carbonyl (C=O) groups excluding carboxylic acids is 2.